The molecule has 0 aromatic heterocycles. The molecule has 5 heteroatoms. The SMILES string of the molecule is CNCCCCCC(=O)NC(O)CCCN. The lowest BCUT2D eigenvalue weighted by Gasteiger charge is -2.12. The molecule has 0 saturated carbocycles. The summed E-state index contributed by atoms with van der Waals surface area (Å²) in [5.41, 5.74) is 5.30. The highest BCUT2D eigenvalue weighted by Crippen LogP contribution is 2.00. The first-order chi connectivity index (χ1) is 7.70. The van der Waals surface area contributed by atoms with Crippen LogP contribution in [0, 0.1) is 0 Å². The van der Waals surface area contributed by atoms with Crippen LogP contribution in [0.3, 0.4) is 0 Å². The average Bonchev–Trinajstić information content (AvgIpc) is 2.26. The third kappa shape index (κ3) is 9.89. The number of nitrogens with one attached hydrogen (secondary N) is 2. The van der Waals surface area contributed by atoms with Crippen LogP contribution in [-0.4, -0.2) is 37.4 Å². The van der Waals surface area contributed by atoms with Crippen LogP contribution in [0.2, 0.25) is 0 Å². The van der Waals surface area contributed by atoms with Crippen LogP contribution in [0.4, 0.5) is 0 Å². The van der Waals surface area contributed by atoms with Gasteiger partial charge in [-0.25, -0.2) is 0 Å². The first-order valence-electron chi connectivity index (χ1n) is 6.02. The molecule has 0 radical (unpaired) electrons. The predicted molar refractivity (Wildman–Crippen MR) is 64.8 cm³/mol. The number of carbonyl (C=O) groups is 1. The molecule has 96 valence electrons. The Bertz CT molecular complexity index is 177. The van der Waals surface area contributed by atoms with E-state index in [9.17, 15) is 9.90 Å². The van der Waals surface area contributed by atoms with Gasteiger partial charge in [0.15, 0.2) is 0 Å². The number of hydrogen-bond donors (Lipinski definition) is 4. The smallest absolute Gasteiger partial charge is 0.221 e. The first kappa shape index (κ1) is 15.3. The molecular weight excluding hydrogens is 206 g/mol. The minimum atomic E-state index is -0.742. The molecule has 1 unspecified atom stereocenters. The molecule has 0 aliphatic carbocycles. The maximum absolute atomic E-state index is 11.3. The van der Waals surface area contributed by atoms with Crippen LogP contribution in [-0.2, 0) is 4.79 Å². The molecule has 0 saturated heterocycles. The number of nitrogens with two attached hydrogens (primary N) is 1. The van der Waals surface area contributed by atoms with Gasteiger partial charge in [-0.15, -0.1) is 0 Å². The Labute approximate surface area is 97.8 Å². The van der Waals surface area contributed by atoms with Crippen LogP contribution < -0.4 is 16.4 Å². The van der Waals surface area contributed by atoms with E-state index in [1.807, 2.05) is 7.05 Å². The summed E-state index contributed by atoms with van der Waals surface area (Å²) in [5, 5.41) is 15.0. The van der Waals surface area contributed by atoms with Gasteiger partial charge < -0.3 is 21.5 Å². The summed E-state index contributed by atoms with van der Waals surface area (Å²) in [7, 11) is 1.92. The van der Waals surface area contributed by atoms with Gasteiger partial charge in [-0.2, -0.15) is 0 Å². The Hall–Kier alpha value is -0.650. The summed E-state index contributed by atoms with van der Waals surface area (Å²) in [4.78, 5) is 11.3. The average molecular weight is 231 g/mol. The molecule has 1 amide bonds. The van der Waals surface area contributed by atoms with Gasteiger partial charge in [0.1, 0.15) is 6.23 Å². The Balaban J connectivity index is 3.36. The Kier molecular flexibility index (Phi) is 10.4. The minimum Gasteiger partial charge on any atom is -0.374 e. The molecule has 5 nitrogen and oxygen atoms in total. The Morgan fingerprint density at radius 3 is 2.69 bits per heavy atom. The van der Waals surface area contributed by atoms with Gasteiger partial charge in [0.25, 0.3) is 0 Å². The number of amides is 1. The third-order valence-electron chi connectivity index (χ3n) is 2.34. The van der Waals surface area contributed by atoms with Gasteiger partial charge in [-0.3, -0.25) is 4.79 Å². The maximum atomic E-state index is 11.3. The molecule has 0 aliphatic rings. The van der Waals surface area contributed by atoms with Crippen LogP contribution in [0.5, 0.6) is 0 Å². The second kappa shape index (κ2) is 10.9. The van der Waals surface area contributed by atoms with Crippen LogP contribution in [0.15, 0.2) is 0 Å². The van der Waals surface area contributed by atoms with Crippen molar-refractivity contribution in [2.24, 2.45) is 5.73 Å². The molecule has 1 atom stereocenters. The quantitative estimate of drug-likeness (QED) is 0.313. The molecule has 0 bridgehead atoms. The fourth-order valence-corrected chi connectivity index (χ4v) is 1.41. The van der Waals surface area contributed by atoms with E-state index in [4.69, 9.17) is 5.73 Å². The summed E-state index contributed by atoms with van der Waals surface area (Å²) < 4.78 is 0. The summed E-state index contributed by atoms with van der Waals surface area (Å²) in [6, 6.07) is 0. The summed E-state index contributed by atoms with van der Waals surface area (Å²) in [5.74, 6) is -0.0750. The van der Waals surface area contributed by atoms with Gasteiger partial charge >= 0.3 is 0 Å². The lowest BCUT2D eigenvalue weighted by molar-refractivity contribution is -0.124. The third-order valence-corrected chi connectivity index (χ3v) is 2.34. The normalized spacial score (nSPS) is 12.4. The minimum absolute atomic E-state index is 0.0750. The van der Waals surface area contributed by atoms with Crippen molar-refractivity contribution in [2.75, 3.05) is 20.1 Å². The van der Waals surface area contributed by atoms with Crippen LogP contribution in [0.1, 0.15) is 38.5 Å². The molecule has 0 aromatic rings. The standard InChI is InChI=1S/C11H25N3O2/c1-13-9-4-2-3-6-10(15)14-11(16)7-5-8-12/h11,13,16H,2-9,12H2,1H3,(H,14,15). The number of hydrogen-bond acceptors (Lipinski definition) is 4. The van der Waals surface area contributed by atoms with Crippen molar-refractivity contribution < 1.29 is 9.90 Å². The zero-order chi connectivity index (χ0) is 12.2. The maximum Gasteiger partial charge on any atom is 0.221 e. The Morgan fingerprint density at radius 1 is 1.31 bits per heavy atom. The Morgan fingerprint density at radius 2 is 2.06 bits per heavy atom. The van der Waals surface area contributed by atoms with E-state index >= 15 is 0 Å². The lowest BCUT2D eigenvalue weighted by Crippen LogP contribution is -2.34. The molecule has 0 spiro atoms. The highest BCUT2D eigenvalue weighted by atomic mass is 16.3. The number of aliphatic hydroxyl groups excluding tert-OH is 1. The monoisotopic (exact) mass is 231 g/mol. The highest BCUT2D eigenvalue weighted by molar-refractivity contribution is 5.75. The summed E-state index contributed by atoms with van der Waals surface area (Å²) >= 11 is 0. The van der Waals surface area contributed by atoms with E-state index < -0.39 is 6.23 Å². The van der Waals surface area contributed by atoms with Gasteiger partial charge in [-0.05, 0) is 45.8 Å². The molecule has 16 heavy (non-hydrogen) atoms. The van der Waals surface area contributed by atoms with E-state index in [0.29, 0.717) is 19.4 Å². The van der Waals surface area contributed by atoms with E-state index in [-0.39, 0.29) is 5.91 Å². The van der Waals surface area contributed by atoms with Crippen molar-refractivity contribution >= 4 is 5.91 Å². The van der Waals surface area contributed by atoms with Crippen molar-refractivity contribution in [1.29, 1.82) is 0 Å². The molecular formula is C11H25N3O2. The van der Waals surface area contributed by atoms with Crippen molar-refractivity contribution in [1.82, 2.24) is 10.6 Å². The van der Waals surface area contributed by atoms with E-state index in [1.54, 1.807) is 0 Å². The van der Waals surface area contributed by atoms with Gasteiger partial charge in [-0.1, -0.05) is 6.42 Å². The second-order valence-corrected chi connectivity index (χ2v) is 3.93. The van der Waals surface area contributed by atoms with E-state index in [0.717, 1.165) is 32.2 Å². The van der Waals surface area contributed by atoms with Crippen molar-refractivity contribution in [3.05, 3.63) is 0 Å². The van der Waals surface area contributed by atoms with Crippen LogP contribution >= 0.6 is 0 Å². The van der Waals surface area contributed by atoms with E-state index in [2.05, 4.69) is 10.6 Å². The number of unbranched alkanes of at least 4 members (excludes halogenated alkanes) is 2. The van der Waals surface area contributed by atoms with Crippen molar-refractivity contribution in [2.45, 2.75) is 44.8 Å². The molecule has 0 rings (SSSR count). The van der Waals surface area contributed by atoms with Crippen LogP contribution in [0.25, 0.3) is 0 Å². The van der Waals surface area contributed by atoms with Gasteiger partial charge in [0.2, 0.25) is 5.91 Å². The van der Waals surface area contributed by atoms with Gasteiger partial charge in [0, 0.05) is 6.42 Å². The molecule has 5 N–H and O–H groups in total. The number of rotatable bonds is 10. The zero-order valence-electron chi connectivity index (χ0n) is 10.2. The topological polar surface area (TPSA) is 87.4 Å². The van der Waals surface area contributed by atoms with Crippen molar-refractivity contribution in [3.8, 4) is 0 Å². The number of carbonyl (C=O) groups excluding carboxylic acids is 1. The van der Waals surface area contributed by atoms with Gasteiger partial charge in [0.05, 0.1) is 0 Å². The molecule has 0 fully saturated rings. The largest absolute Gasteiger partial charge is 0.374 e. The van der Waals surface area contributed by atoms with E-state index in [1.165, 1.54) is 0 Å². The fourth-order valence-electron chi connectivity index (χ4n) is 1.41. The molecule has 0 aromatic carbocycles. The second-order valence-electron chi connectivity index (χ2n) is 3.93. The molecule has 0 aliphatic heterocycles. The highest BCUT2D eigenvalue weighted by Gasteiger charge is 2.07. The predicted octanol–water partition coefficient (Wildman–Crippen LogP) is -0.0603. The summed E-state index contributed by atoms with van der Waals surface area (Å²) in [6.45, 7) is 1.53. The molecule has 0 heterocycles. The number of aliphatic hydroxyl groups is 1. The lowest BCUT2D eigenvalue weighted by atomic mass is 10.2. The van der Waals surface area contributed by atoms with Crippen molar-refractivity contribution in [3.63, 3.8) is 0 Å². The first-order valence-corrected chi connectivity index (χ1v) is 6.02. The zero-order valence-corrected chi connectivity index (χ0v) is 10.2. The fraction of sp³-hybridized carbons (Fsp3) is 0.909. The summed E-state index contributed by atoms with van der Waals surface area (Å²) in [6.07, 6.45) is 3.99.